The van der Waals surface area contributed by atoms with Crippen molar-refractivity contribution in [1.82, 2.24) is 19.4 Å². The van der Waals surface area contributed by atoms with E-state index in [-0.39, 0.29) is 0 Å². The maximum Gasteiger partial charge on any atom is 0.147 e. The Kier molecular flexibility index (Phi) is 2.12. The third kappa shape index (κ3) is 1.36. The summed E-state index contributed by atoms with van der Waals surface area (Å²) in [6.45, 7) is 0. The molecule has 0 radical (unpaired) electrons. The fourth-order valence-corrected chi connectivity index (χ4v) is 3.92. The van der Waals surface area contributed by atoms with Crippen LogP contribution in [-0.4, -0.2) is 19.4 Å². The molecule has 1 aliphatic carbocycles. The molecule has 0 amide bonds. The zero-order chi connectivity index (χ0) is 15.7. The van der Waals surface area contributed by atoms with E-state index in [9.17, 15) is 0 Å². The van der Waals surface area contributed by atoms with Crippen molar-refractivity contribution in [3.63, 3.8) is 0 Å². The fraction of sp³-hybridized carbons (Fsp3) is 0.0500. The molecule has 4 nitrogen and oxygen atoms in total. The van der Waals surface area contributed by atoms with Gasteiger partial charge in [-0.25, -0.2) is 9.97 Å². The summed E-state index contributed by atoms with van der Waals surface area (Å²) >= 11 is 0. The summed E-state index contributed by atoms with van der Waals surface area (Å²) in [7, 11) is 0. The molecule has 1 aromatic carbocycles. The molecule has 24 heavy (non-hydrogen) atoms. The van der Waals surface area contributed by atoms with Crippen LogP contribution >= 0.6 is 0 Å². The van der Waals surface area contributed by atoms with Crippen molar-refractivity contribution < 1.29 is 0 Å². The lowest BCUT2D eigenvalue weighted by Crippen LogP contribution is -1.98. The van der Waals surface area contributed by atoms with E-state index < -0.39 is 0 Å². The average Bonchev–Trinajstić information content (AvgIpc) is 3.18. The van der Waals surface area contributed by atoms with Gasteiger partial charge in [0.2, 0.25) is 0 Å². The standard InChI is InChI=1S/C20H12N4/c1-2-5-13-12(4-1)10-17-18(13)23-20-15-7-9-21-11-16(15)14-6-3-8-22-19(14)24(17)20/h1-9,11H,10H2. The van der Waals surface area contributed by atoms with Gasteiger partial charge in [0.1, 0.15) is 11.3 Å². The predicted octanol–water partition coefficient (Wildman–Crippen LogP) is 4.00. The van der Waals surface area contributed by atoms with Crippen molar-refractivity contribution in [2.45, 2.75) is 6.42 Å². The van der Waals surface area contributed by atoms with Crippen molar-refractivity contribution in [2.24, 2.45) is 0 Å². The van der Waals surface area contributed by atoms with Crippen molar-refractivity contribution in [3.8, 4) is 11.3 Å². The van der Waals surface area contributed by atoms with E-state index in [4.69, 9.17) is 4.98 Å². The summed E-state index contributed by atoms with van der Waals surface area (Å²) in [5, 5.41) is 3.34. The van der Waals surface area contributed by atoms with Crippen molar-refractivity contribution >= 4 is 27.5 Å². The Balaban J connectivity index is 1.90. The highest BCUT2D eigenvalue weighted by Gasteiger charge is 2.26. The Bertz CT molecular complexity index is 1280. The average molecular weight is 308 g/mol. The van der Waals surface area contributed by atoms with Crippen LogP contribution in [-0.2, 0) is 6.42 Å². The summed E-state index contributed by atoms with van der Waals surface area (Å²) in [5.74, 6) is 0. The molecule has 0 unspecified atom stereocenters. The fourth-order valence-electron chi connectivity index (χ4n) is 3.92. The van der Waals surface area contributed by atoms with E-state index in [1.807, 2.05) is 30.7 Å². The Hall–Kier alpha value is -3.27. The van der Waals surface area contributed by atoms with Crippen molar-refractivity contribution in [2.75, 3.05) is 0 Å². The molecule has 1 aliphatic rings. The first-order valence-electron chi connectivity index (χ1n) is 8.02. The highest BCUT2D eigenvalue weighted by Crippen LogP contribution is 2.39. The first-order chi connectivity index (χ1) is 11.9. The largest absolute Gasteiger partial charge is 0.279 e. The smallest absolute Gasteiger partial charge is 0.147 e. The van der Waals surface area contributed by atoms with Gasteiger partial charge in [-0.05, 0) is 23.8 Å². The Morgan fingerprint density at radius 3 is 2.75 bits per heavy atom. The molecular weight excluding hydrogens is 296 g/mol. The normalized spacial score (nSPS) is 12.8. The molecule has 0 saturated carbocycles. The van der Waals surface area contributed by atoms with E-state index in [2.05, 4.69) is 44.7 Å². The molecule has 0 saturated heterocycles. The van der Waals surface area contributed by atoms with Gasteiger partial charge in [0.25, 0.3) is 0 Å². The van der Waals surface area contributed by atoms with Crippen LogP contribution < -0.4 is 0 Å². The molecule has 0 bridgehead atoms. The van der Waals surface area contributed by atoms with E-state index >= 15 is 0 Å². The van der Waals surface area contributed by atoms with Gasteiger partial charge in [-0.3, -0.25) is 9.38 Å². The summed E-state index contributed by atoms with van der Waals surface area (Å²) in [4.78, 5) is 14.0. The van der Waals surface area contributed by atoms with Gasteiger partial charge in [0.15, 0.2) is 0 Å². The molecular formula is C20H12N4. The van der Waals surface area contributed by atoms with Gasteiger partial charge in [0, 0.05) is 46.7 Å². The summed E-state index contributed by atoms with van der Waals surface area (Å²) in [5.41, 5.74) is 6.81. The molecule has 112 valence electrons. The monoisotopic (exact) mass is 308 g/mol. The molecule has 0 N–H and O–H groups in total. The number of benzene rings is 1. The van der Waals surface area contributed by atoms with Crippen LogP contribution in [0, 0.1) is 0 Å². The van der Waals surface area contributed by atoms with E-state index in [1.54, 1.807) is 0 Å². The Labute approximate surface area is 137 Å². The lowest BCUT2D eigenvalue weighted by molar-refractivity contribution is 1.07. The molecule has 4 heterocycles. The molecule has 0 aliphatic heterocycles. The first kappa shape index (κ1) is 12.2. The van der Waals surface area contributed by atoms with E-state index in [0.717, 1.165) is 39.6 Å². The zero-order valence-corrected chi connectivity index (χ0v) is 12.8. The summed E-state index contributed by atoms with van der Waals surface area (Å²) < 4.78 is 2.23. The van der Waals surface area contributed by atoms with Crippen molar-refractivity contribution in [3.05, 3.63) is 72.3 Å². The van der Waals surface area contributed by atoms with Crippen LogP contribution in [0.1, 0.15) is 11.3 Å². The summed E-state index contributed by atoms with van der Waals surface area (Å²) in [6.07, 6.45) is 6.48. The molecule has 6 rings (SSSR count). The minimum atomic E-state index is 0.898. The van der Waals surface area contributed by atoms with Gasteiger partial charge >= 0.3 is 0 Å². The highest BCUT2D eigenvalue weighted by atomic mass is 15.1. The number of fused-ring (bicyclic) bond motifs is 10. The molecule has 4 heteroatoms. The van der Waals surface area contributed by atoms with Crippen LogP contribution in [0.4, 0.5) is 0 Å². The second-order valence-electron chi connectivity index (χ2n) is 6.20. The van der Waals surface area contributed by atoms with Gasteiger partial charge in [-0.1, -0.05) is 24.3 Å². The quantitative estimate of drug-likeness (QED) is 0.398. The van der Waals surface area contributed by atoms with Crippen LogP contribution in [0.15, 0.2) is 61.1 Å². The second kappa shape index (κ2) is 4.17. The van der Waals surface area contributed by atoms with Crippen LogP contribution in [0.3, 0.4) is 0 Å². The minimum Gasteiger partial charge on any atom is -0.279 e. The lowest BCUT2D eigenvalue weighted by atomic mass is 10.1. The maximum atomic E-state index is 5.01. The Morgan fingerprint density at radius 1 is 0.833 bits per heavy atom. The number of imidazole rings is 1. The van der Waals surface area contributed by atoms with E-state index in [1.165, 1.54) is 16.8 Å². The van der Waals surface area contributed by atoms with Crippen molar-refractivity contribution in [1.29, 1.82) is 0 Å². The van der Waals surface area contributed by atoms with Gasteiger partial charge in [0.05, 0.1) is 11.4 Å². The maximum absolute atomic E-state index is 5.01. The number of rotatable bonds is 0. The highest BCUT2D eigenvalue weighted by molar-refractivity contribution is 6.11. The van der Waals surface area contributed by atoms with E-state index in [0.29, 0.717) is 0 Å². The zero-order valence-electron chi connectivity index (χ0n) is 12.8. The number of aromatic nitrogens is 4. The second-order valence-corrected chi connectivity index (χ2v) is 6.20. The molecule has 5 aromatic rings. The van der Waals surface area contributed by atoms with Crippen LogP contribution in [0.2, 0.25) is 0 Å². The topological polar surface area (TPSA) is 43.1 Å². The molecule has 0 fully saturated rings. The lowest BCUT2D eigenvalue weighted by Gasteiger charge is -2.08. The number of hydrogen-bond donors (Lipinski definition) is 0. The van der Waals surface area contributed by atoms with Gasteiger partial charge in [-0.15, -0.1) is 0 Å². The third-order valence-corrected chi connectivity index (χ3v) is 4.95. The SMILES string of the molecule is c1ccc2c(c1)Cc1c-2nc2c3ccncc3c3cccnc3n12. The molecule has 0 spiro atoms. The molecule has 4 aromatic heterocycles. The predicted molar refractivity (Wildman–Crippen MR) is 94.0 cm³/mol. The number of pyridine rings is 3. The van der Waals surface area contributed by atoms with Gasteiger partial charge in [-0.2, -0.15) is 0 Å². The third-order valence-electron chi connectivity index (χ3n) is 4.95. The number of nitrogens with zero attached hydrogens (tertiary/aromatic N) is 4. The Morgan fingerprint density at radius 2 is 1.75 bits per heavy atom. The van der Waals surface area contributed by atoms with Crippen LogP contribution in [0.25, 0.3) is 38.7 Å². The number of hydrogen-bond acceptors (Lipinski definition) is 3. The molecule has 0 atom stereocenters. The van der Waals surface area contributed by atoms with Crippen LogP contribution in [0.5, 0.6) is 0 Å². The first-order valence-corrected chi connectivity index (χ1v) is 8.02. The minimum absolute atomic E-state index is 0.898. The summed E-state index contributed by atoms with van der Waals surface area (Å²) in [6, 6.07) is 14.7. The van der Waals surface area contributed by atoms with Gasteiger partial charge < -0.3 is 0 Å².